The topological polar surface area (TPSA) is 200 Å². The van der Waals surface area contributed by atoms with Gasteiger partial charge < -0.3 is 35.1 Å². The number of carbonyl (C=O) groups is 4. The summed E-state index contributed by atoms with van der Waals surface area (Å²) >= 11 is -2.60. The molecule has 0 saturated heterocycles. The van der Waals surface area contributed by atoms with E-state index in [-0.39, 0.29) is 47.0 Å². The van der Waals surface area contributed by atoms with Crippen LogP contribution in [0.4, 0.5) is 25.4 Å². The summed E-state index contributed by atoms with van der Waals surface area (Å²) in [5, 5.41) is 15.1. The van der Waals surface area contributed by atoms with Gasteiger partial charge in [0, 0.05) is 36.2 Å². The number of carboxylic acid groups (broad SMARTS) is 1. The predicted octanol–water partition coefficient (Wildman–Crippen LogP) is 5.12. The van der Waals surface area contributed by atoms with Gasteiger partial charge >= 0.3 is 18.2 Å². The number of hydrogen-bond donors (Lipinski definition) is 4. The molecule has 0 aliphatic heterocycles. The van der Waals surface area contributed by atoms with Crippen molar-refractivity contribution in [3.05, 3.63) is 88.2 Å². The molecular formula is C33H38FN4O9S-. The molecule has 3 amide bonds. The summed E-state index contributed by atoms with van der Waals surface area (Å²) in [7, 11) is 1.46. The SMILES string of the molecule is CCc1cc(C(Nc2cc(C(N)=O)ccc2F)C(=O)O)ccc1CCOC(=O)Nc1ccc(S(=O)[O-])c(CN(C)C(=O)OC(C)(C)C)c1. The van der Waals surface area contributed by atoms with Crippen molar-refractivity contribution < 1.29 is 46.9 Å². The molecule has 0 fully saturated rings. The van der Waals surface area contributed by atoms with Gasteiger partial charge in [-0.25, -0.2) is 18.8 Å². The van der Waals surface area contributed by atoms with Gasteiger partial charge in [0.05, 0.1) is 12.3 Å². The van der Waals surface area contributed by atoms with Crippen LogP contribution in [0.1, 0.15) is 66.3 Å². The maximum atomic E-state index is 14.4. The molecule has 2 atom stereocenters. The molecule has 0 bridgehead atoms. The highest BCUT2D eigenvalue weighted by Gasteiger charge is 2.23. The van der Waals surface area contributed by atoms with Gasteiger partial charge in [-0.1, -0.05) is 25.1 Å². The van der Waals surface area contributed by atoms with Crippen LogP contribution in [-0.4, -0.2) is 62.1 Å². The van der Waals surface area contributed by atoms with Crippen molar-refractivity contribution in [2.45, 2.75) is 63.6 Å². The first kappa shape index (κ1) is 37.4. The molecule has 3 rings (SSSR count). The maximum Gasteiger partial charge on any atom is 0.411 e. The number of ether oxygens (including phenoxy) is 2. The van der Waals surface area contributed by atoms with Crippen LogP contribution in [0.5, 0.6) is 0 Å². The molecule has 5 N–H and O–H groups in total. The highest BCUT2D eigenvalue weighted by molar-refractivity contribution is 7.79. The van der Waals surface area contributed by atoms with E-state index < -0.39 is 52.6 Å². The Labute approximate surface area is 279 Å². The van der Waals surface area contributed by atoms with E-state index in [2.05, 4.69) is 10.6 Å². The van der Waals surface area contributed by atoms with Gasteiger partial charge in [-0.3, -0.25) is 14.3 Å². The number of nitrogens with two attached hydrogens (primary N) is 1. The quantitative estimate of drug-likeness (QED) is 0.175. The summed E-state index contributed by atoms with van der Waals surface area (Å²) in [5.74, 6) is -2.82. The zero-order valence-corrected chi connectivity index (χ0v) is 27.9. The molecule has 0 aliphatic carbocycles. The first-order valence-corrected chi connectivity index (χ1v) is 15.9. The van der Waals surface area contributed by atoms with Gasteiger partial charge in [0.15, 0.2) is 6.04 Å². The van der Waals surface area contributed by atoms with Gasteiger partial charge in [-0.2, -0.15) is 0 Å². The number of aliphatic carboxylic acids is 1. The van der Waals surface area contributed by atoms with E-state index in [1.54, 1.807) is 39.0 Å². The number of benzene rings is 3. The fourth-order valence-electron chi connectivity index (χ4n) is 4.64. The molecule has 48 heavy (non-hydrogen) atoms. The van der Waals surface area contributed by atoms with E-state index in [0.29, 0.717) is 12.0 Å². The highest BCUT2D eigenvalue weighted by atomic mass is 32.2. The third-order valence-electron chi connectivity index (χ3n) is 6.95. The fourth-order valence-corrected chi connectivity index (χ4v) is 5.16. The number of halogens is 1. The minimum atomic E-state index is -2.60. The molecule has 0 aromatic heterocycles. The van der Waals surface area contributed by atoms with Crippen molar-refractivity contribution in [3.8, 4) is 0 Å². The number of carboxylic acids is 1. The first-order chi connectivity index (χ1) is 22.5. The zero-order chi connectivity index (χ0) is 35.8. The van der Waals surface area contributed by atoms with Crippen LogP contribution < -0.4 is 16.4 Å². The number of primary amides is 1. The number of hydrogen-bond acceptors (Lipinski definition) is 9. The molecule has 13 nitrogen and oxygen atoms in total. The molecule has 258 valence electrons. The Hall–Kier alpha value is -5.02. The Bertz CT molecular complexity index is 1710. The number of rotatable bonds is 13. The molecular weight excluding hydrogens is 647 g/mol. The lowest BCUT2D eigenvalue weighted by Crippen LogP contribution is -2.34. The third kappa shape index (κ3) is 10.5. The second-order valence-corrected chi connectivity index (χ2v) is 12.7. The van der Waals surface area contributed by atoms with Crippen LogP contribution in [0.15, 0.2) is 59.5 Å². The summed E-state index contributed by atoms with van der Waals surface area (Å²) in [6.07, 6.45) is -0.651. The van der Waals surface area contributed by atoms with E-state index in [4.69, 9.17) is 15.2 Å². The average Bonchev–Trinajstić information content (AvgIpc) is 2.99. The molecule has 0 aliphatic rings. The molecule has 0 heterocycles. The number of nitrogens with zero attached hydrogens (tertiary/aromatic N) is 1. The molecule has 3 aromatic rings. The van der Waals surface area contributed by atoms with Gasteiger partial charge in [0.1, 0.15) is 11.4 Å². The Kier molecular flexibility index (Phi) is 12.6. The Morgan fingerprint density at radius 1 is 1.04 bits per heavy atom. The maximum absolute atomic E-state index is 14.4. The van der Waals surface area contributed by atoms with Gasteiger partial charge in [-0.05, 0) is 96.9 Å². The van der Waals surface area contributed by atoms with Gasteiger partial charge in [0.25, 0.3) is 0 Å². The predicted molar refractivity (Wildman–Crippen MR) is 175 cm³/mol. The van der Waals surface area contributed by atoms with Crippen LogP contribution >= 0.6 is 0 Å². The van der Waals surface area contributed by atoms with Gasteiger partial charge in [-0.15, -0.1) is 0 Å². The van der Waals surface area contributed by atoms with Gasteiger partial charge in [0.2, 0.25) is 5.91 Å². The smallest absolute Gasteiger partial charge is 0.411 e. The van der Waals surface area contributed by atoms with Crippen molar-refractivity contribution in [3.63, 3.8) is 0 Å². The Balaban J connectivity index is 1.67. The second-order valence-electron chi connectivity index (χ2n) is 11.8. The first-order valence-electron chi connectivity index (χ1n) is 14.8. The highest BCUT2D eigenvalue weighted by Crippen LogP contribution is 2.26. The minimum Gasteiger partial charge on any atom is -0.768 e. The Morgan fingerprint density at radius 3 is 2.35 bits per heavy atom. The largest absolute Gasteiger partial charge is 0.768 e. The van der Waals surface area contributed by atoms with Crippen molar-refractivity contribution in [2.24, 2.45) is 5.73 Å². The van der Waals surface area contributed by atoms with Crippen LogP contribution in [0.25, 0.3) is 0 Å². The van der Waals surface area contributed by atoms with Crippen molar-refractivity contribution in [1.29, 1.82) is 0 Å². The number of aryl methyl sites for hydroxylation is 1. The van der Waals surface area contributed by atoms with Crippen LogP contribution in [0.3, 0.4) is 0 Å². The Morgan fingerprint density at radius 2 is 1.75 bits per heavy atom. The number of carbonyl (C=O) groups excluding carboxylic acids is 3. The van der Waals surface area contributed by atoms with E-state index >= 15 is 0 Å². The number of anilines is 2. The lowest BCUT2D eigenvalue weighted by Gasteiger charge is -2.25. The molecule has 0 radical (unpaired) electrons. The van der Waals surface area contributed by atoms with E-state index in [1.807, 2.05) is 6.92 Å². The summed E-state index contributed by atoms with van der Waals surface area (Å²) in [6, 6.07) is 11.0. The van der Waals surface area contributed by atoms with Crippen LogP contribution in [0.2, 0.25) is 0 Å². The average molecular weight is 686 g/mol. The summed E-state index contributed by atoms with van der Waals surface area (Å²) < 4.78 is 48.6. The van der Waals surface area contributed by atoms with E-state index in [1.165, 1.54) is 36.2 Å². The van der Waals surface area contributed by atoms with Crippen LogP contribution in [0, 0.1) is 5.82 Å². The summed E-state index contributed by atoms with van der Waals surface area (Å²) in [4.78, 5) is 49.8. The minimum absolute atomic E-state index is 0.0128. The number of amides is 3. The van der Waals surface area contributed by atoms with E-state index in [0.717, 1.165) is 23.3 Å². The number of nitrogens with one attached hydrogen (secondary N) is 2. The van der Waals surface area contributed by atoms with E-state index in [9.17, 15) is 37.4 Å². The standard InChI is InChI=1S/C33H39FN4O9S/c1-6-19-15-21(28(30(40)41)37-26-17-22(29(35)39)9-11-25(26)34)8-7-20(19)13-14-46-31(42)36-24-10-12-27(48(44)45)23(16-24)18-38(5)32(43)47-33(2,3)4/h7-12,15-17,28,37H,6,13-14,18H2,1-5H3,(H2,35,39)(H,36,42)(H,40,41)(H,44,45)/p-1. The van der Waals surface area contributed by atoms with Crippen molar-refractivity contribution in [2.75, 3.05) is 24.3 Å². The third-order valence-corrected chi connectivity index (χ3v) is 7.70. The summed E-state index contributed by atoms with van der Waals surface area (Å²) in [6.45, 7) is 6.84. The molecule has 3 aromatic carbocycles. The molecule has 0 spiro atoms. The normalized spacial score (nSPS) is 12.4. The molecule has 2 unspecified atom stereocenters. The summed E-state index contributed by atoms with van der Waals surface area (Å²) in [5.41, 5.74) is 6.73. The molecule has 15 heteroatoms. The van der Waals surface area contributed by atoms with Crippen molar-refractivity contribution >= 4 is 46.5 Å². The van der Waals surface area contributed by atoms with Crippen LogP contribution in [-0.2, 0) is 44.7 Å². The molecule has 0 saturated carbocycles. The monoisotopic (exact) mass is 685 g/mol. The zero-order valence-electron chi connectivity index (χ0n) is 27.1. The van der Waals surface area contributed by atoms with Crippen molar-refractivity contribution in [1.82, 2.24) is 4.90 Å². The fraction of sp³-hybridized carbons (Fsp3) is 0.333. The lowest BCUT2D eigenvalue weighted by molar-refractivity contribution is -0.138. The second kappa shape index (κ2) is 16.2. The lowest BCUT2D eigenvalue weighted by atomic mass is 9.96.